The molecule has 0 aromatic heterocycles. The number of phosphoric ester groups is 1. The zero-order valence-corrected chi connectivity index (χ0v) is 7.81. The van der Waals surface area contributed by atoms with E-state index in [4.69, 9.17) is 21.3 Å². The summed E-state index contributed by atoms with van der Waals surface area (Å²) in [6.45, 7) is 0.358. The van der Waals surface area contributed by atoms with Gasteiger partial charge in [0.05, 0.1) is 0 Å². The van der Waals surface area contributed by atoms with Crippen molar-refractivity contribution in [2.24, 2.45) is 11.5 Å². The van der Waals surface area contributed by atoms with Gasteiger partial charge in [0.2, 0.25) is 0 Å². The first-order valence-electron chi connectivity index (χ1n) is 3.61. The summed E-state index contributed by atoms with van der Waals surface area (Å²) < 4.78 is 13.9. The number of phosphoric acid groups is 1. The number of nitrogens with two attached hydrogens (primary N) is 2. The fourth-order valence-corrected chi connectivity index (χ4v) is 1.01. The molecule has 0 aliphatic heterocycles. The molecule has 0 rings (SSSR count). The van der Waals surface area contributed by atoms with Gasteiger partial charge in [-0.3, -0.25) is 9.79 Å². The number of carbonyl (C=O) groups excluding carboxylic acids is 1. The van der Waals surface area contributed by atoms with Gasteiger partial charge >= 0.3 is 13.8 Å². The molecule has 0 bridgehead atoms. The van der Waals surface area contributed by atoms with E-state index in [9.17, 15) is 9.36 Å². The maximum Gasteiger partial charge on any atom is 0.527 e. The minimum Gasteiger partial charge on any atom is -0.369 e. The summed E-state index contributed by atoms with van der Waals surface area (Å²) in [5, 5.41) is 0. The van der Waals surface area contributed by atoms with Gasteiger partial charge in [0.1, 0.15) is 6.04 Å². The maximum atomic E-state index is 10.8. The predicted molar refractivity (Wildman–Crippen MR) is 44.4 cm³/mol. The van der Waals surface area contributed by atoms with Crippen LogP contribution < -0.4 is 11.5 Å². The minimum atomic E-state index is -4.77. The Hall–Kier alpha value is -0.460. The Balaban J connectivity index is 3.90. The van der Waals surface area contributed by atoms with Crippen LogP contribution >= 0.6 is 7.82 Å². The summed E-state index contributed by atoms with van der Waals surface area (Å²) in [5.41, 5.74) is 10.4. The van der Waals surface area contributed by atoms with Crippen LogP contribution in [-0.4, -0.2) is 28.3 Å². The van der Waals surface area contributed by atoms with E-state index in [-0.39, 0.29) is 6.42 Å². The normalized spacial score (nSPS) is 13.8. The molecule has 0 aromatic rings. The molecular formula is C5H13N2O5P. The van der Waals surface area contributed by atoms with Crippen LogP contribution in [0.15, 0.2) is 0 Å². The van der Waals surface area contributed by atoms with Crippen molar-refractivity contribution in [3.8, 4) is 0 Å². The van der Waals surface area contributed by atoms with Gasteiger partial charge in [-0.15, -0.1) is 0 Å². The van der Waals surface area contributed by atoms with Crippen molar-refractivity contribution in [1.29, 1.82) is 0 Å². The molecular weight excluding hydrogens is 199 g/mol. The number of rotatable bonds is 5. The van der Waals surface area contributed by atoms with E-state index >= 15 is 0 Å². The van der Waals surface area contributed by atoms with Gasteiger partial charge in [-0.05, 0) is 19.4 Å². The van der Waals surface area contributed by atoms with E-state index in [1.807, 2.05) is 0 Å². The van der Waals surface area contributed by atoms with Crippen molar-refractivity contribution < 1.29 is 23.7 Å². The van der Waals surface area contributed by atoms with Crippen LogP contribution in [0.2, 0.25) is 0 Å². The Bertz CT molecular complexity index is 215. The molecule has 0 spiro atoms. The van der Waals surface area contributed by atoms with Crippen LogP contribution in [0.1, 0.15) is 12.8 Å². The monoisotopic (exact) mass is 212 g/mol. The molecule has 1 atom stereocenters. The second-order valence-electron chi connectivity index (χ2n) is 2.44. The van der Waals surface area contributed by atoms with Gasteiger partial charge < -0.3 is 16.0 Å². The van der Waals surface area contributed by atoms with Gasteiger partial charge in [-0.2, -0.15) is 0 Å². The Morgan fingerprint density at radius 1 is 1.54 bits per heavy atom. The van der Waals surface area contributed by atoms with Crippen molar-refractivity contribution in [3.05, 3.63) is 0 Å². The van der Waals surface area contributed by atoms with Gasteiger partial charge in [-0.1, -0.05) is 0 Å². The third kappa shape index (κ3) is 6.68. The lowest BCUT2D eigenvalue weighted by Crippen LogP contribution is -2.32. The van der Waals surface area contributed by atoms with Gasteiger partial charge in [-0.25, -0.2) is 9.36 Å². The largest absolute Gasteiger partial charge is 0.527 e. The van der Waals surface area contributed by atoms with Crippen molar-refractivity contribution in [2.75, 3.05) is 6.54 Å². The van der Waals surface area contributed by atoms with Crippen LogP contribution in [0.25, 0.3) is 0 Å². The average molecular weight is 212 g/mol. The van der Waals surface area contributed by atoms with E-state index in [2.05, 4.69) is 4.52 Å². The first-order chi connectivity index (χ1) is 5.87. The molecule has 0 fully saturated rings. The van der Waals surface area contributed by atoms with Crippen molar-refractivity contribution in [2.45, 2.75) is 18.9 Å². The van der Waals surface area contributed by atoms with Crippen molar-refractivity contribution in [1.82, 2.24) is 0 Å². The van der Waals surface area contributed by atoms with E-state index in [0.29, 0.717) is 13.0 Å². The van der Waals surface area contributed by atoms with Crippen molar-refractivity contribution >= 4 is 13.8 Å². The number of hydrogen-bond donors (Lipinski definition) is 4. The molecule has 0 saturated carbocycles. The molecule has 7 nitrogen and oxygen atoms in total. The molecule has 8 heteroatoms. The zero-order valence-electron chi connectivity index (χ0n) is 6.92. The van der Waals surface area contributed by atoms with Crippen molar-refractivity contribution in [3.63, 3.8) is 0 Å². The first kappa shape index (κ1) is 12.5. The predicted octanol–water partition coefficient (Wildman–Crippen LogP) is -1.31. The summed E-state index contributed by atoms with van der Waals surface area (Å²) in [6, 6.07) is -1.03. The Kier molecular flexibility index (Phi) is 5.12. The smallest absolute Gasteiger partial charge is 0.369 e. The van der Waals surface area contributed by atoms with Crippen LogP contribution in [0.4, 0.5) is 0 Å². The van der Waals surface area contributed by atoms with Crippen LogP contribution in [-0.2, 0) is 13.9 Å². The summed E-state index contributed by atoms with van der Waals surface area (Å²) in [4.78, 5) is 27.3. The third-order valence-electron chi connectivity index (χ3n) is 1.23. The molecule has 78 valence electrons. The lowest BCUT2D eigenvalue weighted by Gasteiger charge is -2.10. The van der Waals surface area contributed by atoms with Crippen LogP contribution in [0.3, 0.4) is 0 Å². The molecule has 0 aliphatic rings. The Morgan fingerprint density at radius 3 is 2.46 bits per heavy atom. The zero-order chi connectivity index (χ0) is 10.5. The molecule has 0 amide bonds. The van der Waals surface area contributed by atoms with Gasteiger partial charge in [0.25, 0.3) is 0 Å². The number of carbonyl (C=O) groups is 1. The quantitative estimate of drug-likeness (QED) is 0.415. The fraction of sp³-hybridized carbons (Fsp3) is 0.800. The highest BCUT2D eigenvalue weighted by Crippen LogP contribution is 2.36. The minimum absolute atomic E-state index is 0.245. The second-order valence-corrected chi connectivity index (χ2v) is 3.60. The van der Waals surface area contributed by atoms with Gasteiger partial charge in [0, 0.05) is 0 Å². The van der Waals surface area contributed by atoms with E-state index < -0.39 is 19.8 Å². The molecule has 6 N–H and O–H groups in total. The second kappa shape index (κ2) is 5.31. The van der Waals surface area contributed by atoms with Gasteiger partial charge in [0.15, 0.2) is 0 Å². The molecule has 0 heterocycles. The topological polar surface area (TPSA) is 136 Å². The summed E-state index contributed by atoms with van der Waals surface area (Å²) in [7, 11) is -4.77. The highest BCUT2D eigenvalue weighted by atomic mass is 31.2. The van der Waals surface area contributed by atoms with E-state index in [1.165, 1.54) is 0 Å². The fourth-order valence-electron chi connectivity index (χ4n) is 0.641. The van der Waals surface area contributed by atoms with E-state index in [0.717, 1.165) is 0 Å². The summed E-state index contributed by atoms with van der Waals surface area (Å²) >= 11 is 0. The highest BCUT2D eigenvalue weighted by molar-refractivity contribution is 7.46. The molecule has 0 aromatic carbocycles. The SMILES string of the molecule is NCCC[C@@H](N)C(=O)OP(=O)(O)O. The third-order valence-corrected chi connectivity index (χ3v) is 1.65. The number of hydrogen-bond acceptors (Lipinski definition) is 5. The molecule has 0 unspecified atom stereocenters. The standard InChI is InChI=1S/C5H13N2O5P/c6-3-1-2-4(7)5(8)12-13(9,10)11/h4H,1-3,6-7H2,(H2,9,10,11)/t4-/m1/s1. The lowest BCUT2D eigenvalue weighted by molar-refractivity contribution is -0.137. The molecule has 0 radical (unpaired) electrons. The lowest BCUT2D eigenvalue weighted by atomic mass is 10.2. The Labute approximate surface area is 75.3 Å². The highest BCUT2D eigenvalue weighted by Gasteiger charge is 2.24. The molecule has 13 heavy (non-hydrogen) atoms. The maximum absolute atomic E-state index is 10.8. The molecule has 0 aliphatic carbocycles. The Morgan fingerprint density at radius 2 is 2.08 bits per heavy atom. The average Bonchev–Trinajstić information content (AvgIpc) is 1.96. The summed E-state index contributed by atoms with van der Waals surface area (Å²) in [6.07, 6.45) is 0.743. The van der Waals surface area contributed by atoms with Crippen LogP contribution in [0, 0.1) is 0 Å². The molecule has 0 saturated heterocycles. The van der Waals surface area contributed by atoms with Crippen LogP contribution in [0.5, 0.6) is 0 Å². The van der Waals surface area contributed by atoms with E-state index in [1.54, 1.807) is 0 Å². The summed E-state index contributed by atoms with van der Waals surface area (Å²) in [5.74, 6) is -1.11. The first-order valence-corrected chi connectivity index (χ1v) is 5.14.